The molecule has 10 heteroatoms. The first-order valence-corrected chi connectivity index (χ1v) is 8.16. The van der Waals surface area contributed by atoms with Crippen LogP contribution < -0.4 is 10.8 Å². The van der Waals surface area contributed by atoms with Gasteiger partial charge in [-0.15, -0.1) is 0 Å². The first-order valence-electron chi connectivity index (χ1n) is 6.42. The van der Waals surface area contributed by atoms with E-state index in [4.69, 9.17) is 51.2 Å². The Bertz CT molecular complexity index is 491. The van der Waals surface area contributed by atoms with E-state index in [1.54, 1.807) is 24.3 Å². The first kappa shape index (κ1) is 20.7. The lowest BCUT2D eigenvalue weighted by atomic mass is 10.0. The maximum Gasteiger partial charge on any atom is 0.253 e. The second-order valence-corrected chi connectivity index (χ2v) is 6.66. The molecule has 0 radical (unpaired) electrons. The Labute approximate surface area is 152 Å². The maximum absolute atomic E-state index is 13.0. The highest BCUT2D eigenvalue weighted by Gasteiger charge is 2.25. The highest BCUT2D eigenvalue weighted by atomic mass is 35.5. The van der Waals surface area contributed by atoms with Gasteiger partial charge >= 0.3 is 0 Å². The second kappa shape index (κ2) is 10.5. The van der Waals surface area contributed by atoms with Gasteiger partial charge in [0.15, 0.2) is 9.80 Å². The predicted octanol–water partition coefficient (Wildman–Crippen LogP) is 2.76. The molecule has 0 spiro atoms. The van der Waals surface area contributed by atoms with Gasteiger partial charge in [0.05, 0.1) is 12.6 Å². The van der Waals surface area contributed by atoms with Gasteiger partial charge in [-0.2, -0.15) is 5.48 Å². The summed E-state index contributed by atoms with van der Waals surface area (Å²) in [5.74, 6) is -0.775. The molecule has 1 rings (SSSR count). The standard InChI is InChI=1S/C13H15Cl4FN2O3/c14-11(15)12(22)19-9(5-18)10(21)8-3-1-7(2-4-8)6-23-20-13(16)17/h1-4,9-11,13,20-21H,5-6H2,(H,19,22)/t9-,10-/m1/s1. The van der Waals surface area contributed by atoms with Crippen LogP contribution in [0, 0.1) is 0 Å². The van der Waals surface area contributed by atoms with Crippen LogP contribution in [0.1, 0.15) is 17.2 Å². The molecule has 0 aliphatic carbocycles. The third-order valence-electron chi connectivity index (χ3n) is 2.81. The molecule has 0 saturated heterocycles. The number of hydrogen-bond acceptors (Lipinski definition) is 4. The highest BCUT2D eigenvalue weighted by Crippen LogP contribution is 2.19. The average molecular weight is 408 g/mol. The number of halogens is 5. The van der Waals surface area contributed by atoms with Crippen LogP contribution in [0.3, 0.4) is 0 Å². The summed E-state index contributed by atoms with van der Waals surface area (Å²) in [4.78, 5) is 14.2. The second-order valence-electron chi connectivity index (χ2n) is 4.46. The maximum atomic E-state index is 13.0. The number of nitrogens with one attached hydrogen (secondary N) is 2. The van der Waals surface area contributed by atoms with Crippen molar-refractivity contribution in [3.05, 3.63) is 35.4 Å². The molecule has 0 aliphatic heterocycles. The van der Waals surface area contributed by atoms with Gasteiger partial charge in [-0.3, -0.25) is 9.63 Å². The lowest BCUT2D eigenvalue weighted by Gasteiger charge is -2.22. The van der Waals surface area contributed by atoms with Crippen molar-refractivity contribution >= 4 is 52.3 Å². The number of rotatable bonds is 9. The van der Waals surface area contributed by atoms with E-state index in [2.05, 4.69) is 10.8 Å². The van der Waals surface area contributed by atoms with Gasteiger partial charge in [-0.25, -0.2) is 4.39 Å². The van der Waals surface area contributed by atoms with Crippen molar-refractivity contribution < 1.29 is 19.1 Å². The number of benzene rings is 1. The molecule has 130 valence electrons. The third-order valence-corrected chi connectivity index (χ3v) is 3.38. The van der Waals surface area contributed by atoms with E-state index >= 15 is 0 Å². The van der Waals surface area contributed by atoms with E-state index < -0.39 is 34.5 Å². The fourth-order valence-electron chi connectivity index (χ4n) is 1.68. The molecule has 3 N–H and O–H groups in total. The van der Waals surface area contributed by atoms with Crippen LogP contribution in [0.15, 0.2) is 24.3 Å². The van der Waals surface area contributed by atoms with E-state index in [1.165, 1.54) is 0 Å². The molecular weight excluding hydrogens is 393 g/mol. The van der Waals surface area contributed by atoms with Crippen LogP contribution >= 0.6 is 46.4 Å². The SMILES string of the molecule is O=C(N[C@H](CF)[C@H](O)c1ccc(CONC(Cl)Cl)cc1)C(Cl)Cl. The lowest BCUT2D eigenvalue weighted by molar-refractivity contribution is -0.121. The molecule has 0 aliphatic rings. The minimum atomic E-state index is -1.34. The summed E-state index contributed by atoms with van der Waals surface area (Å²) < 4.78 is 13.0. The van der Waals surface area contributed by atoms with Crippen molar-refractivity contribution in [2.75, 3.05) is 6.67 Å². The van der Waals surface area contributed by atoms with Crippen LogP contribution in [0.5, 0.6) is 0 Å². The van der Waals surface area contributed by atoms with E-state index in [9.17, 15) is 14.3 Å². The quantitative estimate of drug-likeness (QED) is 0.334. The summed E-state index contributed by atoms with van der Waals surface area (Å²) in [6.07, 6.45) is -1.25. The van der Waals surface area contributed by atoms with Crippen molar-refractivity contribution in [3.8, 4) is 0 Å². The molecule has 0 unspecified atom stereocenters. The molecule has 23 heavy (non-hydrogen) atoms. The average Bonchev–Trinajstić information content (AvgIpc) is 2.52. The van der Waals surface area contributed by atoms with Gasteiger partial charge in [-0.1, -0.05) is 70.7 Å². The van der Waals surface area contributed by atoms with E-state index in [1.807, 2.05) is 0 Å². The molecule has 0 bridgehead atoms. The Morgan fingerprint density at radius 3 is 2.30 bits per heavy atom. The van der Waals surface area contributed by atoms with Gasteiger partial charge in [0.1, 0.15) is 12.8 Å². The summed E-state index contributed by atoms with van der Waals surface area (Å²) in [5, 5.41) is 12.4. The van der Waals surface area contributed by atoms with Crippen molar-refractivity contribution in [2.45, 2.75) is 28.5 Å². The zero-order valence-corrected chi connectivity index (χ0v) is 14.7. The van der Waals surface area contributed by atoms with Crippen LogP contribution in [0.25, 0.3) is 0 Å². The molecule has 0 heterocycles. The van der Waals surface area contributed by atoms with Crippen molar-refractivity contribution in [1.29, 1.82) is 0 Å². The third kappa shape index (κ3) is 7.39. The number of aliphatic hydroxyl groups excluding tert-OH is 1. The normalized spacial score (nSPS) is 14.1. The van der Waals surface area contributed by atoms with Crippen molar-refractivity contribution in [3.63, 3.8) is 0 Å². The predicted molar refractivity (Wildman–Crippen MR) is 88.2 cm³/mol. The zero-order valence-electron chi connectivity index (χ0n) is 11.7. The molecule has 0 saturated carbocycles. The van der Waals surface area contributed by atoms with Gasteiger partial charge in [-0.05, 0) is 11.1 Å². The molecule has 5 nitrogen and oxygen atoms in total. The topological polar surface area (TPSA) is 70.6 Å². The van der Waals surface area contributed by atoms with Crippen LogP contribution in [-0.2, 0) is 16.2 Å². The highest BCUT2D eigenvalue weighted by molar-refractivity contribution is 6.53. The monoisotopic (exact) mass is 406 g/mol. The van der Waals surface area contributed by atoms with Crippen molar-refractivity contribution in [1.82, 2.24) is 10.8 Å². The minimum absolute atomic E-state index is 0.190. The first-order chi connectivity index (χ1) is 10.8. The van der Waals surface area contributed by atoms with Crippen LogP contribution in [0.4, 0.5) is 4.39 Å². The largest absolute Gasteiger partial charge is 0.386 e. The summed E-state index contributed by atoms with van der Waals surface area (Å²) >= 11 is 21.6. The number of aliphatic hydroxyl groups is 1. The number of alkyl halides is 5. The summed E-state index contributed by atoms with van der Waals surface area (Å²) in [5.41, 5.74) is 3.53. The summed E-state index contributed by atoms with van der Waals surface area (Å²) in [6, 6.07) is 5.34. The Morgan fingerprint density at radius 2 is 1.83 bits per heavy atom. The van der Waals surface area contributed by atoms with Crippen molar-refractivity contribution in [2.24, 2.45) is 0 Å². The zero-order chi connectivity index (χ0) is 17.4. The minimum Gasteiger partial charge on any atom is -0.386 e. The Balaban J connectivity index is 2.64. The van der Waals surface area contributed by atoms with Gasteiger partial charge in [0.25, 0.3) is 5.91 Å². The summed E-state index contributed by atoms with van der Waals surface area (Å²) in [6.45, 7) is -0.787. The number of hydrogen-bond donors (Lipinski definition) is 3. The van der Waals surface area contributed by atoms with Gasteiger partial charge in [0, 0.05) is 0 Å². The van der Waals surface area contributed by atoms with Crippen LogP contribution in [-0.4, -0.2) is 33.5 Å². The fourth-order valence-corrected chi connectivity index (χ4v) is 1.93. The van der Waals surface area contributed by atoms with E-state index in [0.29, 0.717) is 5.56 Å². The van der Waals surface area contributed by atoms with E-state index in [0.717, 1.165) is 5.56 Å². The fraction of sp³-hybridized carbons (Fsp3) is 0.462. The van der Waals surface area contributed by atoms with Gasteiger partial charge < -0.3 is 10.4 Å². The number of hydroxylamine groups is 1. The molecule has 1 aromatic carbocycles. The molecule has 1 amide bonds. The van der Waals surface area contributed by atoms with Gasteiger partial charge in [0.2, 0.25) is 0 Å². The number of carbonyl (C=O) groups excluding carboxylic acids is 1. The molecule has 0 aromatic heterocycles. The molecular formula is C13H15Cl4FN2O3. The Morgan fingerprint density at radius 1 is 1.22 bits per heavy atom. The number of carbonyl (C=O) groups is 1. The van der Waals surface area contributed by atoms with E-state index in [-0.39, 0.29) is 6.61 Å². The Hall–Kier alpha value is -0.340. The van der Waals surface area contributed by atoms with Crippen LogP contribution in [0.2, 0.25) is 0 Å². The number of amides is 1. The molecule has 2 atom stereocenters. The molecule has 0 fully saturated rings. The lowest BCUT2D eigenvalue weighted by Crippen LogP contribution is -2.43. The Kier molecular flexibility index (Phi) is 9.46. The molecule has 1 aromatic rings. The summed E-state index contributed by atoms with van der Waals surface area (Å²) in [7, 11) is 0. The smallest absolute Gasteiger partial charge is 0.253 e.